The lowest BCUT2D eigenvalue weighted by atomic mass is 9.96. The van der Waals surface area contributed by atoms with Crippen LogP contribution in [0.5, 0.6) is 0 Å². The van der Waals surface area contributed by atoms with Crippen LogP contribution >= 0.6 is 0 Å². The van der Waals surface area contributed by atoms with E-state index in [4.69, 9.17) is 0 Å². The van der Waals surface area contributed by atoms with Gasteiger partial charge in [0, 0.05) is 18.9 Å². The van der Waals surface area contributed by atoms with Gasteiger partial charge in [0.2, 0.25) is 0 Å². The lowest BCUT2D eigenvalue weighted by Gasteiger charge is -2.11. The predicted molar refractivity (Wildman–Crippen MR) is 76.5 cm³/mol. The third-order valence-electron chi connectivity index (χ3n) is 3.18. The molecule has 1 heterocycles. The molecule has 2 nitrogen and oxygen atoms in total. The normalized spacial score (nSPS) is 10.6. The fourth-order valence-electron chi connectivity index (χ4n) is 2.18. The van der Waals surface area contributed by atoms with Crippen LogP contribution in [-0.2, 0) is 6.54 Å². The molecule has 0 spiro atoms. The SMILES string of the molecule is CCNCc1ccc(-c2ccncc2C)c(C)c1. The molecule has 0 saturated heterocycles. The molecule has 0 saturated carbocycles. The zero-order chi connectivity index (χ0) is 13.0. The van der Waals surface area contributed by atoms with Crippen molar-refractivity contribution in [1.29, 1.82) is 0 Å². The van der Waals surface area contributed by atoms with Crippen LogP contribution in [0.3, 0.4) is 0 Å². The van der Waals surface area contributed by atoms with Crippen molar-refractivity contribution in [3.05, 3.63) is 53.3 Å². The molecule has 94 valence electrons. The summed E-state index contributed by atoms with van der Waals surface area (Å²) in [4.78, 5) is 4.15. The minimum atomic E-state index is 0.937. The van der Waals surface area contributed by atoms with E-state index in [0.717, 1.165) is 13.1 Å². The van der Waals surface area contributed by atoms with E-state index >= 15 is 0 Å². The van der Waals surface area contributed by atoms with Crippen molar-refractivity contribution in [3.8, 4) is 11.1 Å². The first-order valence-corrected chi connectivity index (χ1v) is 6.43. The maximum absolute atomic E-state index is 4.15. The second kappa shape index (κ2) is 5.78. The molecular formula is C16H20N2. The average Bonchev–Trinajstić information content (AvgIpc) is 2.38. The van der Waals surface area contributed by atoms with Gasteiger partial charge in [-0.1, -0.05) is 25.1 Å². The summed E-state index contributed by atoms with van der Waals surface area (Å²) in [6.45, 7) is 8.34. The quantitative estimate of drug-likeness (QED) is 0.885. The molecule has 2 rings (SSSR count). The molecule has 0 aliphatic heterocycles. The van der Waals surface area contributed by atoms with Crippen molar-refractivity contribution in [3.63, 3.8) is 0 Å². The van der Waals surface area contributed by atoms with Crippen molar-refractivity contribution in [2.75, 3.05) is 6.54 Å². The number of hydrogen-bond acceptors (Lipinski definition) is 2. The summed E-state index contributed by atoms with van der Waals surface area (Å²) < 4.78 is 0. The van der Waals surface area contributed by atoms with E-state index in [1.165, 1.54) is 27.8 Å². The van der Waals surface area contributed by atoms with Gasteiger partial charge in [-0.05, 0) is 54.3 Å². The molecule has 0 amide bonds. The number of nitrogens with zero attached hydrogens (tertiary/aromatic N) is 1. The molecule has 0 fully saturated rings. The molecule has 1 aromatic carbocycles. The largest absolute Gasteiger partial charge is 0.313 e. The Labute approximate surface area is 109 Å². The first kappa shape index (κ1) is 12.8. The second-order valence-corrected chi connectivity index (χ2v) is 4.62. The van der Waals surface area contributed by atoms with E-state index in [0.29, 0.717) is 0 Å². The number of rotatable bonds is 4. The standard InChI is InChI=1S/C16H20N2/c1-4-17-11-14-5-6-15(12(2)9-14)16-7-8-18-10-13(16)3/h5-10,17H,4,11H2,1-3H3. The minimum absolute atomic E-state index is 0.937. The van der Waals surface area contributed by atoms with E-state index in [9.17, 15) is 0 Å². The van der Waals surface area contributed by atoms with Gasteiger partial charge >= 0.3 is 0 Å². The van der Waals surface area contributed by atoms with Crippen LogP contribution in [-0.4, -0.2) is 11.5 Å². The Morgan fingerprint density at radius 1 is 1.06 bits per heavy atom. The Balaban J connectivity index is 2.33. The summed E-state index contributed by atoms with van der Waals surface area (Å²) in [5, 5.41) is 3.35. The highest BCUT2D eigenvalue weighted by molar-refractivity contribution is 5.70. The lowest BCUT2D eigenvalue weighted by molar-refractivity contribution is 0.726. The van der Waals surface area contributed by atoms with Gasteiger partial charge in [0.25, 0.3) is 0 Å². The monoisotopic (exact) mass is 240 g/mol. The van der Waals surface area contributed by atoms with Crippen LogP contribution < -0.4 is 5.32 Å². The zero-order valence-electron chi connectivity index (χ0n) is 11.3. The smallest absolute Gasteiger partial charge is 0.0303 e. The van der Waals surface area contributed by atoms with Gasteiger partial charge in [-0.2, -0.15) is 0 Å². The number of aryl methyl sites for hydroxylation is 2. The molecule has 1 N–H and O–H groups in total. The number of nitrogens with one attached hydrogen (secondary N) is 1. The molecule has 0 unspecified atom stereocenters. The Bertz CT molecular complexity index is 532. The van der Waals surface area contributed by atoms with Gasteiger partial charge in [-0.15, -0.1) is 0 Å². The van der Waals surface area contributed by atoms with Crippen LogP contribution in [0, 0.1) is 13.8 Å². The van der Waals surface area contributed by atoms with E-state index in [-0.39, 0.29) is 0 Å². The van der Waals surface area contributed by atoms with Crippen LogP contribution in [0.25, 0.3) is 11.1 Å². The van der Waals surface area contributed by atoms with Crippen LogP contribution in [0.15, 0.2) is 36.7 Å². The fourth-order valence-corrected chi connectivity index (χ4v) is 2.18. The fraction of sp³-hybridized carbons (Fsp3) is 0.312. The Morgan fingerprint density at radius 2 is 1.83 bits per heavy atom. The summed E-state index contributed by atoms with van der Waals surface area (Å²) >= 11 is 0. The molecule has 0 aliphatic carbocycles. The van der Waals surface area contributed by atoms with E-state index in [2.05, 4.69) is 55.3 Å². The number of aromatic nitrogens is 1. The van der Waals surface area contributed by atoms with Crippen molar-refractivity contribution in [1.82, 2.24) is 10.3 Å². The summed E-state index contributed by atoms with van der Waals surface area (Å²) in [5.74, 6) is 0. The molecule has 0 atom stereocenters. The first-order chi connectivity index (χ1) is 8.72. The van der Waals surface area contributed by atoms with E-state index < -0.39 is 0 Å². The van der Waals surface area contributed by atoms with E-state index in [1.54, 1.807) is 0 Å². The summed E-state index contributed by atoms with van der Waals surface area (Å²) in [7, 11) is 0. The topological polar surface area (TPSA) is 24.9 Å². The first-order valence-electron chi connectivity index (χ1n) is 6.43. The molecular weight excluding hydrogens is 220 g/mol. The summed E-state index contributed by atoms with van der Waals surface area (Å²) in [6.07, 6.45) is 3.77. The molecule has 18 heavy (non-hydrogen) atoms. The van der Waals surface area contributed by atoms with Gasteiger partial charge in [-0.3, -0.25) is 4.98 Å². The van der Waals surface area contributed by atoms with Gasteiger partial charge < -0.3 is 5.32 Å². The van der Waals surface area contributed by atoms with Gasteiger partial charge in [0.1, 0.15) is 0 Å². The minimum Gasteiger partial charge on any atom is -0.313 e. The third kappa shape index (κ3) is 2.77. The predicted octanol–water partition coefficient (Wildman–Crippen LogP) is 3.47. The average molecular weight is 240 g/mol. The van der Waals surface area contributed by atoms with Crippen LogP contribution in [0.4, 0.5) is 0 Å². The summed E-state index contributed by atoms with van der Waals surface area (Å²) in [6, 6.07) is 8.76. The van der Waals surface area contributed by atoms with Crippen molar-refractivity contribution < 1.29 is 0 Å². The van der Waals surface area contributed by atoms with Crippen molar-refractivity contribution in [2.24, 2.45) is 0 Å². The number of pyridine rings is 1. The Kier molecular flexibility index (Phi) is 4.11. The van der Waals surface area contributed by atoms with Crippen LogP contribution in [0.1, 0.15) is 23.6 Å². The third-order valence-corrected chi connectivity index (χ3v) is 3.18. The molecule has 2 aromatic rings. The van der Waals surface area contributed by atoms with E-state index in [1.807, 2.05) is 12.4 Å². The lowest BCUT2D eigenvalue weighted by Crippen LogP contribution is -2.11. The second-order valence-electron chi connectivity index (χ2n) is 4.62. The highest BCUT2D eigenvalue weighted by Crippen LogP contribution is 2.26. The summed E-state index contributed by atoms with van der Waals surface area (Å²) in [5.41, 5.74) is 6.46. The molecule has 0 aliphatic rings. The number of benzene rings is 1. The maximum atomic E-state index is 4.15. The van der Waals surface area contributed by atoms with Gasteiger partial charge in [0.05, 0.1) is 0 Å². The molecule has 0 bridgehead atoms. The number of hydrogen-bond donors (Lipinski definition) is 1. The van der Waals surface area contributed by atoms with Gasteiger partial charge in [0.15, 0.2) is 0 Å². The zero-order valence-corrected chi connectivity index (χ0v) is 11.3. The Hall–Kier alpha value is -1.67. The highest BCUT2D eigenvalue weighted by atomic mass is 14.8. The highest BCUT2D eigenvalue weighted by Gasteiger charge is 2.05. The maximum Gasteiger partial charge on any atom is 0.0303 e. The Morgan fingerprint density at radius 3 is 2.50 bits per heavy atom. The molecule has 2 heteroatoms. The van der Waals surface area contributed by atoms with Crippen molar-refractivity contribution in [2.45, 2.75) is 27.3 Å². The van der Waals surface area contributed by atoms with Gasteiger partial charge in [-0.25, -0.2) is 0 Å². The van der Waals surface area contributed by atoms with Crippen molar-refractivity contribution >= 4 is 0 Å². The molecule has 0 radical (unpaired) electrons. The van der Waals surface area contributed by atoms with Crippen LogP contribution in [0.2, 0.25) is 0 Å². The molecule has 1 aromatic heterocycles.